The molecule has 0 saturated carbocycles. The van der Waals surface area contributed by atoms with Crippen molar-refractivity contribution in [1.29, 1.82) is 0 Å². The van der Waals surface area contributed by atoms with E-state index in [2.05, 4.69) is 27.1 Å². The standard InChI is InChI=1S/C24H26N4O4/c1-3-15-32-20-11-9-18(16-21(20)31-2)23-26-24(30)19(27-28-23)10-12-22(29)25-14-13-17-7-5-4-6-8-17/h3-9,11,16H,1,10,12-15H2,2H3,(H,25,29)(H,26,28,30). The molecule has 32 heavy (non-hydrogen) atoms. The number of aromatic amines is 1. The van der Waals surface area contributed by atoms with Crippen LogP contribution in [0.25, 0.3) is 11.4 Å². The summed E-state index contributed by atoms with van der Waals surface area (Å²) in [5, 5.41) is 11.0. The van der Waals surface area contributed by atoms with Crippen LogP contribution in [0.4, 0.5) is 0 Å². The number of nitrogens with one attached hydrogen (secondary N) is 2. The number of hydrogen-bond acceptors (Lipinski definition) is 6. The van der Waals surface area contributed by atoms with Gasteiger partial charge < -0.3 is 19.8 Å². The number of carbonyl (C=O) groups is 1. The zero-order valence-electron chi connectivity index (χ0n) is 18.0. The van der Waals surface area contributed by atoms with Gasteiger partial charge in [0.15, 0.2) is 17.3 Å². The van der Waals surface area contributed by atoms with Gasteiger partial charge in [-0.15, -0.1) is 10.2 Å². The van der Waals surface area contributed by atoms with E-state index >= 15 is 0 Å². The number of ether oxygens (including phenoxy) is 2. The largest absolute Gasteiger partial charge is 0.493 e. The van der Waals surface area contributed by atoms with E-state index in [-0.39, 0.29) is 30.0 Å². The fourth-order valence-electron chi connectivity index (χ4n) is 3.05. The Morgan fingerprint density at radius 1 is 1.12 bits per heavy atom. The number of amides is 1. The Balaban J connectivity index is 1.57. The van der Waals surface area contributed by atoms with Crippen molar-refractivity contribution in [2.75, 3.05) is 20.3 Å². The lowest BCUT2D eigenvalue weighted by Crippen LogP contribution is -2.27. The van der Waals surface area contributed by atoms with Gasteiger partial charge in [-0.25, -0.2) is 0 Å². The summed E-state index contributed by atoms with van der Waals surface area (Å²) in [6.45, 7) is 4.51. The molecule has 3 aromatic rings. The minimum atomic E-state index is -0.377. The number of aryl methyl sites for hydroxylation is 1. The first kappa shape index (κ1) is 22.7. The molecule has 0 atom stereocenters. The van der Waals surface area contributed by atoms with Gasteiger partial charge in [-0.05, 0) is 30.2 Å². The number of carbonyl (C=O) groups excluding carboxylic acids is 1. The fourth-order valence-corrected chi connectivity index (χ4v) is 3.05. The van der Waals surface area contributed by atoms with Crippen LogP contribution in [0.5, 0.6) is 11.5 Å². The molecule has 0 saturated heterocycles. The van der Waals surface area contributed by atoms with Gasteiger partial charge in [0.05, 0.1) is 7.11 Å². The lowest BCUT2D eigenvalue weighted by Gasteiger charge is -2.10. The Morgan fingerprint density at radius 2 is 1.94 bits per heavy atom. The maximum Gasteiger partial charge on any atom is 0.273 e. The van der Waals surface area contributed by atoms with Gasteiger partial charge in [-0.3, -0.25) is 9.59 Å². The minimum absolute atomic E-state index is 0.133. The van der Waals surface area contributed by atoms with Crippen LogP contribution in [0.15, 0.2) is 66.0 Å². The molecule has 0 aliphatic heterocycles. The second kappa shape index (κ2) is 11.5. The van der Waals surface area contributed by atoms with E-state index in [1.165, 1.54) is 7.11 Å². The van der Waals surface area contributed by atoms with Crippen molar-refractivity contribution in [2.45, 2.75) is 19.3 Å². The molecule has 8 nitrogen and oxygen atoms in total. The number of nitrogens with zero attached hydrogens (tertiary/aromatic N) is 2. The lowest BCUT2D eigenvalue weighted by atomic mass is 10.1. The second-order valence-corrected chi connectivity index (χ2v) is 7.00. The molecule has 166 valence electrons. The zero-order chi connectivity index (χ0) is 22.8. The molecule has 0 radical (unpaired) electrons. The van der Waals surface area contributed by atoms with Crippen LogP contribution < -0.4 is 20.3 Å². The van der Waals surface area contributed by atoms with E-state index in [0.717, 1.165) is 12.0 Å². The van der Waals surface area contributed by atoms with Crippen LogP contribution in [0, 0.1) is 0 Å². The first-order valence-corrected chi connectivity index (χ1v) is 10.3. The van der Waals surface area contributed by atoms with Crippen molar-refractivity contribution in [1.82, 2.24) is 20.5 Å². The quantitative estimate of drug-likeness (QED) is 0.450. The Kier molecular flexibility index (Phi) is 8.14. The summed E-state index contributed by atoms with van der Waals surface area (Å²) >= 11 is 0. The smallest absolute Gasteiger partial charge is 0.273 e. The molecular formula is C24H26N4O4. The Labute approximate surface area is 186 Å². The normalized spacial score (nSPS) is 10.4. The highest BCUT2D eigenvalue weighted by molar-refractivity contribution is 5.76. The van der Waals surface area contributed by atoms with Crippen molar-refractivity contribution in [3.8, 4) is 22.9 Å². The molecule has 1 aromatic heterocycles. The average molecular weight is 434 g/mol. The predicted molar refractivity (Wildman–Crippen MR) is 122 cm³/mol. The van der Waals surface area contributed by atoms with Gasteiger partial charge in [0, 0.05) is 24.9 Å². The molecule has 1 heterocycles. The molecule has 0 spiro atoms. The number of aromatic nitrogens is 3. The fraction of sp³-hybridized carbons (Fsp3) is 0.250. The van der Waals surface area contributed by atoms with Crippen LogP contribution >= 0.6 is 0 Å². The Morgan fingerprint density at radius 3 is 2.66 bits per heavy atom. The summed E-state index contributed by atoms with van der Waals surface area (Å²) in [7, 11) is 1.53. The van der Waals surface area contributed by atoms with Crippen LogP contribution in [0.1, 0.15) is 17.7 Å². The maximum absolute atomic E-state index is 12.4. The van der Waals surface area contributed by atoms with E-state index in [0.29, 0.717) is 36.0 Å². The summed E-state index contributed by atoms with van der Waals surface area (Å²) in [6, 6.07) is 15.1. The van der Waals surface area contributed by atoms with Crippen molar-refractivity contribution in [2.24, 2.45) is 0 Å². The molecule has 2 N–H and O–H groups in total. The van der Waals surface area contributed by atoms with E-state index in [9.17, 15) is 9.59 Å². The van der Waals surface area contributed by atoms with Crippen LogP contribution in [0.2, 0.25) is 0 Å². The highest BCUT2D eigenvalue weighted by atomic mass is 16.5. The summed E-state index contributed by atoms with van der Waals surface area (Å²) in [5.41, 5.74) is 1.62. The highest BCUT2D eigenvalue weighted by Crippen LogP contribution is 2.31. The van der Waals surface area contributed by atoms with E-state index < -0.39 is 0 Å². The molecule has 0 aliphatic carbocycles. The Bertz CT molecular complexity index is 1110. The van der Waals surface area contributed by atoms with Gasteiger partial charge in [0.1, 0.15) is 12.3 Å². The maximum atomic E-state index is 12.4. The van der Waals surface area contributed by atoms with Crippen molar-refractivity contribution in [3.05, 3.63) is 82.8 Å². The van der Waals surface area contributed by atoms with Gasteiger partial charge in [-0.2, -0.15) is 0 Å². The molecule has 0 aliphatic rings. The SMILES string of the molecule is C=CCOc1ccc(-c2nnc(CCC(=O)NCCc3ccccc3)c(=O)[nH]2)cc1OC. The van der Waals surface area contributed by atoms with E-state index in [1.807, 2.05) is 30.3 Å². The van der Waals surface area contributed by atoms with Crippen LogP contribution in [-0.2, 0) is 17.6 Å². The molecule has 8 heteroatoms. The third-order valence-corrected chi connectivity index (χ3v) is 4.73. The molecular weight excluding hydrogens is 408 g/mol. The number of benzene rings is 2. The van der Waals surface area contributed by atoms with Crippen LogP contribution in [-0.4, -0.2) is 41.3 Å². The molecule has 1 amide bonds. The van der Waals surface area contributed by atoms with Crippen molar-refractivity contribution < 1.29 is 14.3 Å². The second-order valence-electron chi connectivity index (χ2n) is 7.00. The summed E-state index contributed by atoms with van der Waals surface area (Å²) in [5.74, 6) is 1.23. The number of hydrogen-bond donors (Lipinski definition) is 2. The first-order chi connectivity index (χ1) is 15.6. The van der Waals surface area contributed by atoms with Gasteiger partial charge in [0.25, 0.3) is 5.56 Å². The van der Waals surface area contributed by atoms with Gasteiger partial charge in [-0.1, -0.05) is 43.0 Å². The van der Waals surface area contributed by atoms with E-state index in [4.69, 9.17) is 9.47 Å². The highest BCUT2D eigenvalue weighted by Gasteiger charge is 2.12. The summed E-state index contributed by atoms with van der Waals surface area (Å²) in [4.78, 5) is 27.2. The monoisotopic (exact) mass is 434 g/mol. The molecule has 3 rings (SSSR count). The molecule has 0 fully saturated rings. The Hall–Kier alpha value is -3.94. The molecule has 2 aromatic carbocycles. The first-order valence-electron chi connectivity index (χ1n) is 10.3. The minimum Gasteiger partial charge on any atom is -0.493 e. The van der Waals surface area contributed by atoms with Crippen molar-refractivity contribution >= 4 is 5.91 Å². The van der Waals surface area contributed by atoms with Gasteiger partial charge in [0.2, 0.25) is 5.91 Å². The third-order valence-electron chi connectivity index (χ3n) is 4.73. The van der Waals surface area contributed by atoms with Crippen LogP contribution in [0.3, 0.4) is 0 Å². The molecule has 0 unspecified atom stereocenters. The third kappa shape index (κ3) is 6.28. The average Bonchev–Trinajstić information content (AvgIpc) is 2.82. The topological polar surface area (TPSA) is 106 Å². The van der Waals surface area contributed by atoms with Crippen molar-refractivity contribution in [3.63, 3.8) is 0 Å². The molecule has 0 bridgehead atoms. The number of rotatable bonds is 11. The zero-order valence-corrected chi connectivity index (χ0v) is 18.0. The number of methoxy groups -OCH3 is 1. The summed E-state index contributed by atoms with van der Waals surface area (Å²) < 4.78 is 10.9. The number of H-pyrrole nitrogens is 1. The van der Waals surface area contributed by atoms with E-state index in [1.54, 1.807) is 24.3 Å². The summed E-state index contributed by atoms with van der Waals surface area (Å²) in [6.07, 6.45) is 2.76. The lowest BCUT2D eigenvalue weighted by molar-refractivity contribution is -0.121. The van der Waals surface area contributed by atoms with Gasteiger partial charge >= 0.3 is 0 Å². The predicted octanol–water partition coefficient (Wildman–Crippen LogP) is 2.70.